The molecule has 0 saturated carbocycles. The summed E-state index contributed by atoms with van der Waals surface area (Å²) >= 11 is 1.69. The first-order chi connectivity index (χ1) is 7.81. The molecule has 0 saturated heterocycles. The molecule has 0 fully saturated rings. The van der Waals surface area contributed by atoms with Crippen LogP contribution in [0.25, 0.3) is 10.1 Å². The molecule has 0 bridgehead atoms. The van der Waals surface area contributed by atoms with Crippen LogP contribution in [0, 0.1) is 0 Å². The Bertz CT molecular complexity index is 439. The van der Waals surface area contributed by atoms with Gasteiger partial charge in [0.2, 0.25) is 0 Å². The molecule has 16 heavy (non-hydrogen) atoms. The molecule has 1 unspecified atom stereocenters. The second-order valence-corrected chi connectivity index (χ2v) is 5.04. The van der Waals surface area contributed by atoms with Crippen LogP contribution in [0.3, 0.4) is 0 Å². The molecule has 1 nitrogen and oxygen atoms in total. The highest BCUT2D eigenvalue weighted by Crippen LogP contribution is 2.31. The van der Waals surface area contributed by atoms with Crippen molar-refractivity contribution < 1.29 is 5.11 Å². The number of unbranched alkanes of at least 4 members (excludes halogenated alkanes) is 1. The van der Waals surface area contributed by atoms with Crippen LogP contribution < -0.4 is 0 Å². The van der Waals surface area contributed by atoms with Gasteiger partial charge in [-0.25, -0.2) is 0 Å². The molecule has 1 aromatic carbocycles. The third kappa shape index (κ3) is 2.52. The van der Waals surface area contributed by atoms with Crippen molar-refractivity contribution in [2.45, 2.75) is 25.4 Å². The van der Waals surface area contributed by atoms with Gasteiger partial charge in [-0.2, -0.15) is 0 Å². The third-order valence-electron chi connectivity index (χ3n) is 2.66. The summed E-state index contributed by atoms with van der Waals surface area (Å²) in [5.41, 5.74) is 0. The topological polar surface area (TPSA) is 20.2 Å². The molecule has 2 heteroatoms. The maximum atomic E-state index is 10.0. The van der Waals surface area contributed by atoms with Crippen LogP contribution in [-0.4, -0.2) is 5.11 Å². The number of benzene rings is 1. The van der Waals surface area contributed by atoms with Crippen LogP contribution in [0.1, 0.15) is 30.2 Å². The van der Waals surface area contributed by atoms with Gasteiger partial charge in [0.15, 0.2) is 0 Å². The Morgan fingerprint density at radius 3 is 2.94 bits per heavy atom. The van der Waals surface area contributed by atoms with Gasteiger partial charge in [0.25, 0.3) is 0 Å². The Kier molecular flexibility index (Phi) is 3.75. The SMILES string of the molecule is C=CCCCC(O)c1cc2ccccc2s1. The van der Waals surface area contributed by atoms with E-state index in [0.29, 0.717) is 0 Å². The summed E-state index contributed by atoms with van der Waals surface area (Å²) < 4.78 is 1.25. The second-order valence-electron chi connectivity index (χ2n) is 3.92. The van der Waals surface area contributed by atoms with Crippen LogP contribution >= 0.6 is 11.3 Å². The Labute approximate surface area is 100 Å². The third-order valence-corrected chi connectivity index (χ3v) is 3.88. The van der Waals surface area contributed by atoms with Crippen molar-refractivity contribution in [2.24, 2.45) is 0 Å². The summed E-state index contributed by atoms with van der Waals surface area (Å²) in [6.07, 6.45) is 4.37. The van der Waals surface area contributed by atoms with Crippen LogP contribution in [-0.2, 0) is 0 Å². The number of aliphatic hydroxyl groups excluding tert-OH is 1. The molecular weight excluding hydrogens is 216 g/mol. The fourth-order valence-corrected chi connectivity index (χ4v) is 2.85. The maximum Gasteiger partial charge on any atom is 0.0882 e. The highest BCUT2D eigenvalue weighted by molar-refractivity contribution is 7.19. The minimum Gasteiger partial charge on any atom is -0.388 e. The molecule has 1 atom stereocenters. The quantitative estimate of drug-likeness (QED) is 0.602. The molecule has 2 aromatic rings. The summed E-state index contributed by atoms with van der Waals surface area (Å²) in [6, 6.07) is 10.3. The smallest absolute Gasteiger partial charge is 0.0882 e. The van der Waals surface area contributed by atoms with E-state index < -0.39 is 0 Å². The van der Waals surface area contributed by atoms with Gasteiger partial charge in [0, 0.05) is 9.58 Å². The predicted molar refractivity (Wildman–Crippen MR) is 70.8 cm³/mol. The highest BCUT2D eigenvalue weighted by Gasteiger charge is 2.10. The lowest BCUT2D eigenvalue weighted by Crippen LogP contribution is -1.93. The standard InChI is InChI=1S/C14H16OS/c1-2-3-4-8-12(15)14-10-11-7-5-6-9-13(11)16-14/h2,5-7,9-10,12,15H,1,3-4,8H2. The maximum absolute atomic E-state index is 10.0. The molecule has 0 spiro atoms. The summed E-state index contributed by atoms with van der Waals surface area (Å²) in [4.78, 5) is 1.07. The number of hydrogen-bond acceptors (Lipinski definition) is 2. The summed E-state index contributed by atoms with van der Waals surface area (Å²) in [7, 11) is 0. The normalized spacial score (nSPS) is 12.8. The number of hydrogen-bond donors (Lipinski definition) is 1. The Hall–Kier alpha value is -1.12. The molecule has 2 rings (SSSR count). The molecule has 84 valence electrons. The monoisotopic (exact) mass is 232 g/mol. The Balaban J connectivity index is 2.10. The van der Waals surface area contributed by atoms with Gasteiger partial charge in [-0.1, -0.05) is 24.3 Å². The average molecular weight is 232 g/mol. The minimum absolute atomic E-state index is 0.322. The Morgan fingerprint density at radius 1 is 1.38 bits per heavy atom. The number of fused-ring (bicyclic) bond motifs is 1. The lowest BCUT2D eigenvalue weighted by atomic mass is 10.1. The second kappa shape index (κ2) is 5.28. The number of aliphatic hydroxyl groups is 1. The molecule has 1 aromatic heterocycles. The van der Waals surface area contributed by atoms with Crippen molar-refractivity contribution in [2.75, 3.05) is 0 Å². The molecule has 1 heterocycles. The van der Waals surface area contributed by atoms with Crippen molar-refractivity contribution in [3.8, 4) is 0 Å². The lowest BCUT2D eigenvalue weighted by Gasteiger charge is -2.06. The van der Waals surface area contributed by atoms with Gasteiger partial charge in [0.05, 0.1) is 6.10 Å². The molecule has 0 aliphatic carbocycles. The van der Waals surface area contributed by atoms with Crippen LogP contribution in [0.2, 0.25) is 0 Å². The van der Waals surface area contributed by atoms with E-state index in [1.165, 1.54) is 10.1 Å². The van der Waals surface area contributed by atoms with Crippen molar-refractivity contribution in [1.82, 2.24) is 0 Å². The van der Waals surface area contributed by atoms with Crippen LogP contribution in [0.5, 0.6) is 0 Å². The zero-order chi connectivity index (χ0) is 11.4. The van der Waals surface area contributed by atoms with Gasteiger partial charge in [-0.15, -0.1) is 17.9 Å². The van der Waals surface area contributed by atoms with Crippen molar-refractivity contribution >= 4 is 21.4 Å². The van der Waals surface area contributed by atoms with Gasteiger partial charge < -0.3 is 5.11 Å². The molecular formula is C14H16OS. The fourth-order valence-electron chi connectivity index (χ4n) is 1.76. The van der Waals surface area contributed by atoms with E-state index in [1.54, 1.807) is 11.3 Å². The number of thiophene rings is 1. The van der Waals surface area contributed by atoms with Crippen LogP contribution in [0.4, 0.5) is 0 Å². The molecule has 0 amide bonds. The van der Waals surface area contributed by atoms with E-state index in [9.17, 15) is 5.11 Å². The lowest BCUT2D eigenvalue weighted by molar-refractivity contribution is 0.169. The molecule has 0 radical (unpaired) electrons. The summed E-state index contributed by atoms with van der Waals surface area (Å²) in [5, 5.41) is 11.3. The van der Waals surface area contributed by atoms with Gasteiger partial charge in [0.1, 0.15) is 0 Å². The van der Waals surface area contributed by atoms with E-state index in [2.05, 4.69) is 24.8 Å². The van der Waals surface area contributed by atoms with E-state index in [-0.39, 0.29) is 6.10 Å². The van der Waals surface area contributed by atoms with E-state index in [0.717, 1.165) is 24.1 Å². The van der Waals surface area contributed by atoms with Gasteiger partial charge >= 0.3 is 0 Å². The van der Waals surface area contributed by atoms with Gasteiger partial charge in [-0.05, 0) is 36.8 Å². The van der Waals surface area contributed by atoms with Crippen molar-refractivity contribution in [3.05, 3.63) is 47.9 Å². The van der Waals surface area contributed by atoms with Gasteiger partial charge in [-0.3, -0.25) is 0 Å². The summed E-state index contributed by atoms with van der Waals surface area (Å²) in [6.45, 7) is 3.69. The zero-order valence-electron chi connectivity index (χ0n) is 9.23. The van der Waals surface area contributed by atoms with Crippen LogP contribution in [0.15, 0.2) is 43.0 Å². The number of allylic oxidation sites excluding steroid dienone is 1. The first kappa shape index (κ1) is 11.4. The molecule has 1 N–H and O–H groups in total. The van der Waals surface area contributed by atoms with Crippen molar-refractivity contribution in [3.63, 3.8) is 0 Å². The first-order valence-electron chi connectivity index (χ1n) is 5.58. The highest BCUT2D eigenvalue weighted by atomic mass is 32.1. The van der Waals surface area contributed by atoms with Crippen molar-refractivity contribution in [1.29, 1.82) is 0 Å². The Morgan fingerprint density at radius 2 is 2.19 bits per heavy atom. The zero-order valence-corrected chi connectivity index (χ0v) is 10.0. The molecule has 0 aliphatic rings. The largest absolute Gasteiger partial charge is 0.388 e. The van der Waals surface area contributed by atoms with E-state index in [1.807, 2.05) is 18.2 Å². The first-order valence-corrected chi connectivity index (χ1v) is 6.40. The fraction of sp³-hybridized carbons (Fsp3) is 0.286. The summed E-state index contributed by atoms with van der Waals surface area (Å²) in [5.74, 6) is 0. The predicted octanol–water partition coefficient (Wildman–Crippen LogP) is 4.29. The average Bonchev–Trinajstić information content (AvgIpc) is 2.73. The van der Waals surface area contributed by atoms with E-state index in [4.69, 9.17) is 0 Å². The molecule has 0 aliphatic heterocycles. The van der Waals surface area contributed by atoms with E-state index >= 15 is 0 Å². The number of rotatable bonds is 5. The minimum atomic E-state index is -0.322.